The minimum atomic E-state index is 0.276. The maximum Gasteiger partial charge on any atom is 0.162 e. The maximum absolute atomic E-state index is 4.65. The van der Waals surface area contributed by atoms with Crippen LogP contribution in [0.2, 0.25) is 0 Å². The Hall–Kier alpha value is -1.90. The molecule has 3 nitrogen and oxygen atoms in total. The van der Waals surface area contributed by atoms with Gasteiger partial charge in [-0.1, -0.05) is 38.0 Å². The predicted molar refractivity (Wildman–Crippen MR) is 113 cm³/mol. The number of hydrogen-bond donors (Lipinski definition) is 0. The molecule has 28 heavy (non-hydrogen) atoms. The SMILES string of the molecule is C[C@]12CCCCC1=CCC1C2CC[C@]2(C)C(c3cnn4cccnc34)=CCC12. The molecule has 4 aliphatic rings. The molecule has 3 heteroatoms. The quantitative estimate of drug-likeness (QED) is 0.567. The van der Waals surface area contributed by atoms with Crippen molar-refractivity contribution in [3.8, 4) is 0 Å². The van der Waals surface area contributed by atoms with Crippen molar-refractivity contribution in [3.63, 3.8) is 0 Å². The smallest absolute Gasteiger partial charge is 0.162 e. The summed E-state index contributed by atoms with van der Waals surface area (Å²) in [7, 11) is 0. The summed E-state index contributed by atoms with van der Waals surface area (Å²) in [4.78, 5) is 4.65. The van der Waals surface area contributed by atoms with E-state index in [4.69, 9.17) is 0 Å². The van der Waals surface area contributed by atoms with Crippen molar-refractivity contribution in [2.24, 2.45) is 28.6 Å². The van der Waals surface area contributed by atoms with Gasteiger partial charge in [-0.2, -0.15) is 5.10 Å². The minimum absolute atomic E-state index is 0.276. The zero-order valence-corrected chi connectivity index (χ0v) is 17.2. The third-order valence-electron chi connectivity index (χ3n) is 9.17. The van der Waals surface area contributed by atoms with Crippen molar-refractivity contribution in [1.29, 1.82) is 0 Å². The molecule has 0 bridgehead atoms. The molecule has 146 valence electrons. The van der Waals surface area contributed by atoms with Gasteiger partial charge >= 0.3 is 0 Å². The second-order valence-electron chi connectivity index (χ2n) is 10.2. The van der Waals surface area contributed by atoms with Crippen LogP contribution in [-0.4, -0.2) is 14.6 Å². The van der Waals surface area contributed by atoms with Gasteiger partial charge in [0.2, 0.25) is 0 Å². The molecule has 3 unspecified atom stereocenters. The van der Waals surface area contributed by atoms with Gasteiger partial charge in [-0.3, -0.25) is 0 Å². The standard InChI is InChI=1S/C25H31N3/c1-24-12-4-3-6-17(24)7-8-18-20-9-10-21(25(20,2)13-11-22(18)24)19-16-27-28-15-5-14-26-23(19)28/h5,7,10,14-16,18,20,22H,3-4,6,8-9,11-13H2,1-2H3/t18?,20?,22?,24-,25-/m0/s1. The van der Waals surface area contributed by atoms with Crippen LogP contribution >= 0.6 is 0 Å². The van der Waals surface area contributed by atoms with Gasteiger partial charge in [-0.15, -0.1) is 0 Å². The van der Waals surface area contributed by atoms with E-state index in [-0.39, 0.29) is 5.41 Å². The predicted octanol–water partition coefficient (Wildman–Crippen LogP) is 6.08. The highest BCUT2D eigenvalue weighted by Crippen LogP contribution is 2.66. The van der Waals surface area contributed by atoms with Crippen LogP contribution in [0.25, 0.3) is 11.2 Å². The Morgan fingerprint density at radius 2 is 1.96 bits per heavy atom. The summed E-state index contributed by atoms with van der Waals surface area (Å²) in [5, 5.41) is 4.58. The first-order valence-corrected chi connectivity index (χ1v) is 11.3. The topological polar surface area (TPSA) is 30.2 Å². The third-order valence-corrected chi connectivity index (χ3v) is 9.17. The van der Waals surface area contributed by atoms with Crippen LogP contribution in [0.4, 0.5) is 0 Å². The van der Waals surface area contributed by atoms with Crippen molar-refractivity contribution in [3.05, 3.63) is 47.9 Å². The van der Waals surface area contributed by atoms with Crippen molar-refractivity contribution < 1.29 is 0 Å². The van der Waals surface area contributed by atoms with E-state index in [1.54, 1.807) is 0 Å². The van der Waals surface area contributed by atoms with Crippen LogP contribution < -0.4 is 0 Å². The van der Waals surface area contributed by atoms with Crippen LogP contribution in [0.1, 0.15) is 70.8 Å². The third kappa shape index (κ3) is 2.11. The molecule has 2 aromatic rings. The van der Waals surface area contributed by atoms with Crippen molar-refractivity contribution in [2.75, 3.05) is 0 Å². The molecular weight excluding hydrogens is 342 g/mol. The van der Waals surface area contributed by atoms with Crippen molar-refractivity contribution in [2.45, 2.75) is 65.2 Å². The van der Waals surface area contributed by atoms with E-state index in [0.29, 0.717) is 5.41 Å². The Kier molecular flexibility index (Phi) is 3.53. The zero-order chi connectivity index (χ0) is 18.9. The van der Waals surface area contributed by atoms with Gasteiger partial charge in [0.15, 0.2) is 5.65 Å². The summed E-state index contributed by atoms with van der Waals surface area (Å²) >= 11 is 0. The number of fused-ring (bicyclic) bond motifs is 6. The van der Waals surface area contributed by atoms with Gasteiger partial charge in [0.1, 0.15) is 0 Å². The van der Waals surface area contributed by atoms with E-state index in [1.807, 2.05) is 28.5 Å². The van der Waals surface area contributed by atoms with Crippen molar-refractivity contribution in [1.82, 2.24) is 14.6 Å². The highest BCUT2D eigenvalue weighted by molar-refractivity contribution is 5.80. The molecule has 4 aliphatic carbocycles. The lowest BCUT2D eigenvalue weighted by molar-refractivity contribution is -0.00977. The molecule has 0 aliphatic heterocycles. The second kappa shape index (κ2) is 5.81. The fourth-order valence-electron chi connectivity index (χ4n) is 7.70. The lowest BCUT2D eigenvalue weighted by Gasteiger charge is -2.57. The lowest BCUT2D eigenvalue weighted by Crippen LogP contribution is -2.48. The number of nitrogens with zero attached hydrogens (tertiary/aromatic N) is 3. The van der Waals surface area contributed by atoms with Gasteiger partial charge in [0.05, 0.1) is 6.20 Å². The van der Waals surface area contributed by atoms with E-state index in [0.717, 1.165) is 23.4 Å². The van der Waals surface area contributed by atoms with Crippen molar-refractivity contribution >= 4 is 11.2 Å². The number of rotatable bonds is 1. The molecule has 0 aromatic carbocycles. The lowest BCUT2D eigenvalue weighted by atomic mass is 9.47. The largest absolute Gasteiger partial charge is 0.236 e. The molecule has 2 aromatic heterocycles. The maximum atomic E-state index is 4.65. The fraction of sp³-hybridized carbons (Fsp3) is 0.600. The molecule has 5 atom stereocenters. The molecule has 0 radical (unpaired) electrons. The molecule has 2 fully saturated rings. The molecule has 2 heterocycles. The second-order valence-corrected chi connectivity index (χ2v) is 10.2. The zero-order valence-electron chi connectivity index (χ0n) is 17.2. The minimum Gasteiger partial charge on any atom is -0.236 e. The highest BCUT2D eigenvalue weighted by Gasteiger charge is 2.56. The Labute approximate surface area is 167 Å². The highest BCUT2D eigenvalue weighted by atomic mass is 15.2. The molecule has 2 saturated carbocycles. The summed E-state index contributed by atoms with van der Waals surface area (Å²) in [6.07, 6.45) is 22.0. The molecule has 0 spiro atoms. The van der Waals surface area contributed by atoms with Crippen LogP contribution in [0.5, 0.6) is 0 Å². The number of hydrogen-bond acceptors (Lipinski definition) is 2. The molecule has 0 amide bonds. The molecule has 0 N–H and O–H groups in total. The monoisotopic (exact) mass is 373 g/mol. The average molecular weight is 374 g/mol. The number of allylic oxidation sites excluding steroid dienone is 4. The average Bonchev–Trinajstić information content (AvgIpc) is 3.28. The Balaban J connectivity index is 1.38. The van der Waals surface area contributed by atoms with Crippen LogP contribution in [0.15, 0.2) is 42.4 Å². The van der Waals surface area contributed by atoms with Gasteiger partial charge in [-0.25, -0.2) is 9.50 Å². The first-order chi connectivity index (χ1) is 13.6. The Bertz CT molecular complexity index is 998. The summed E-state index contributed by atoms with van der Waals surface area (Å²) < 4.78 is 1.93. The van der Waals surface area contributed by atoms with Crippen LogP contribution in [0, 0.1) is 28.6 Å². The van der Waals surface area contributed by atoms with Crippen LogP contribution in [0.3, 0.4) is 0 Å². The van der Waals surface area contributed by atoms with E-state index < -0.39 is 0 Å². The normalized spacial score (nSPS) is 39.7. The van der Waals surface area contributed by atoms with Crippen LogP contribution in [-0.2, 0) is 0 Å². The van der Waals surface area contributed by atoms with Gasteiger partial charge in [0.25, 0.3) is 0 Å². The molecular formula is C25H31N3. The van der Waals surface area contributed by atoms with Gasteiger partial charge < -0.3 is 0 Å². The Morgan fingerprint density at radius 3 is 2.89 bits per heavy atom. The van der Waals surface area contributed by atoms with E-state index >= 15 is 0 Å². The summed E-state index contributed by atoms with van der Waals surface area (Å²) in [6, 6.07) is 1.96. The van der Waals surface area contributed by atoms with Gasteiger partial charge in [0, 0.05) is 18.0 Å². The first kappa shape index (κ1) is 17.0. The first-order valence-electron chi connectivity index (χ1n) is 11.3. The van der Waals surface area contributed by atoms with E-state index in [1.165, 1.54) is 62.5 Å². The van der Waals surface area contributed by atoms with E-state index in [9.17, 15) is 0 Å². The number of aromatic nitrogens is 3. The van der Waals surface area contributed by atoms with Gasteiger partial charge in [-0.05, 0) is 85.2 Å². The summed E-state index contributed by atoms with van der Waals surface area (Å²) in [5.41, 5.74) is 6.37. The summed E-state index contributed by atoms with van der Waals surface area (Å²) in [5.74, 6) is 2.51. The molecule has 6 rings (SSSR count). The fourth-order valence-corrected chi connectivity index (χ4v) is 7.70. The molecule has 0 saturated heterocycles. The summed E-state index contributed by atoms with van der Waals surface area (Å²) in [6.45, 7) is 5.15. The van der Waals surface area contributed by atoms with E-state index in [2.05, 4.69) is 42.3 Å². The Morgan fingerprint density at radius 1 is 1.04 bits per heavy atom.